The lowest BCUT2D eigenvalue weighted by atomic mass is 9.84. The summed E-state index contributed by atoms with van der Waals surface area (Å²) in [4.78, 5) is 23.6. The van der Waals surface area contributed by atoms with E-state index in [0.29, 0.717) is 12.0 Å². The minimum Gasteiger partial charge on any atom is -0.293 e. The first-order chi connectivity index (χ1) is 7.11. The second-order valence-electron chi connectivity index (χ2n) is 3.42. The van der Waals surface area contributed by atoms with Crippen molar-refractivity contribution in [2.45, 2.75) is 19.3 Å². The van der Waals surface area contributed by atoms with E-state index in [1.807, 2.05) is 0 Å². The Bertz CT molecular complexity index is 411. The van der Waals surface area contributed by atoms with Gasteiger partial charge in [-0.3, -0.25) is 9.59 Å². The Hall–Kier alpha value is -1.10. The fourth-order valence-corrected chi connectivity index (χ4v) is 2.67. The zero-order chi connectivity index (χ0) is 11.0. The number of hydrogen-bond acceptors (Lipinski definition) is 3. The largest absolute Gasteiger partial charge is 0.296 e. The predicted octanol–water partition coefficient (Wildman–Crippen LogP) is 2.33. The molecule has 1 aliphatic rings. The van der Waals surface area contributed by atoms with Gasteiger partial charge < -0.3 is 0 Å². The van der Waals surface area contributed by atoms with Crippen molar-refractivity contribution in [3.8, 4) is 0 Å². The number of fused-ring (bicyclic) bond motifs is 1. The molecule has 0 bridgehead atoms. The van der Waals surface area contributed by atoms with E-state index in [1.165, 1.54) is 11.3 Å². The molecule has 0 spiro atoms. The number of aryl methyl sites for hydroxylation is 1. The molecular weight excluding hydrogens is 222 g/mol. The number of thiophene rings is 1. The molecule has 5 heteroatoms. The van der Waals surface area contributed by atoms with Gasteiger partial charge in [0.1, 0.15) is 0 Å². The fourth-order valence-electron chi connectivity index (χ4n) is 1.77. The van der Waals surface area contributed by atoms with Gasteiger partial charge >= 0.3 is 0 Å². The molecule has 0 aromatic carbocycles. The minimum absolute atomic E-state index is 0.218. The maximum absolute atomic E-state index is 12.2. The van der Waals surface area contributed by atoms with Crippen LogP contribution in [0.4, 0.5) is 8.78 Å². The Morgan fingerprint density at radius 2 is 2.27 bits per heavy atom. The van der Waals surface area contributed by atoms with Crippen LogP contribution >= 0.6 is 11.3 Å². The van der Waals surface area contributed by atoms with Gasteiger partial charge in [-0.1, -0.05) is 0 Å². The second-order valence-corrected chi connectivity index (χ2v) is 4.42. The average molecular weight is 230 g/mol. The molecule has 0 aliphatic heterocycles. The van der Waals surface area contributed by atoms with Crippen LogP contribution in [-0.4, -0.2) is 18.0 Å². The van der Waals surface area contributed by atoms with E-state index in [9.17, 15) is 18.4 Å². The minimum atomic E-state index is -3.04. The Morgan fingerprint density at radius 1 is 1.53 bits per heavy atom. The first-order valence-electron chi connectivity index (χ1n) is 4.53. The van der Waals surface area contributed by atoms with Gasteiger partial charge in [0.25, 0.3) is 6.43 Å². The predicted molar refractivity (Wildman–Crippen MR) is 51.5 cm³/mol. The third-order valence-electron chi connectivity index (χ3n) is 2.55. The highest BCUT2D eigenvalue weighted by Crippen LogP contribution is 2.30. The summed E-state index contributed by atoms with van der Waals surface area (Å²) >= 11 is 1.43. The van der Waals surface area contributed by atoms with Crippen LogP contribution in [0.3, 0.4) is 0 Å². The molecule has 0 N–H and O–H groups in total. The molecule has 1 aliphatic carbocycles. The topological polar surface area (TPSA) is 34.1 Å². The normalized spacial score (nSPS) is 20.5. The number of halogens is 2. The molecule has 1 heterocycles. The molecule has 1 aromatic rings. The van der Waals surface area contributed by atoms with Crippen LogP contribution in [0, 0.1) is 5.92 Å². The number of ketones is 2. The highest BCUT2D eigenvalue weighted by molar-refractivity contribution is 7.10. The number of carbonyl (C=O) groups excluding carboxylic acids is 2. The zero-order valence-corrected chi connectivity index (χ0v) is 8.52. The van der Waals surface area contributed by atoms with Crippen LogP contribution in [0.5, 0.6) is 0 Å². The SMILES string of the molecule is O=C1c2ccsc2CCC1C(=O)C(F)F. The number of alkyl halides is 2. The molecule has 0 fully saturated rings. The van der Waals surface area contributed by atoms with E-state index in [0.717, 1.165) is 4.88 Å². The van der Waals surface area contributed by atoms with Gasteiger partial charge in [-0.25, -0.2) is 8.78 Å². The molecule has 0 saturated heterocycles. The van der Waals surface area contributed by atoms with Gasteiger partial charge in [-0.15, -0.1) is 11.3 Å². The molecule has 80 valence electrons. The lowest BCUT2D eigenvalue weighted by Gasteiger charge is -2.19. The van der Waals surface area contributed by atoms with Gasteiger partial charge in [-0.2, -0.15) is 0 Å². The maximum atomic E-state index is 12.2. The first kappa shape index (κ1) is 10.4. The lowest BCUT2D eigenvalue weighted by Crippen LogP contribution is -2.32. The van der Waals surface area contributed by atoms with Crippen molar-refractivity contribution in [3.05, 3.63) is 21.9 Å². The number of rotatable bonds is 2. The van der Waals surface area contributed by atoms with E-state index >= 15 is 0 Å². The molecule has 1 atom stereocenters. The molecule has 0 radical (unpaired) electrons. The van der Waals surface area contributed by atoms with Gasteiger partial charge in [0.15, 0.2) is 5.78 Å². The van der Waals surface area contributed by atoms with Crippen LogP contribution < -0.4 is 0 Å². The molecule has 1 aromatic heterocycles. The van der Waals surface area contributed by atoms with E-state index in [-0.39, 0.29) is 6.42 Å². The van der Waals surface area contributed by atoms with Crippen molar-refractivity contribution in [1.29, 1.82) is 0 Å². The maximum Gasteiger partial charge on any atom is 0.296 e. The second kappa shape index (κ2) is 3.81. The summed E-state index contributed by atoms with van der Waals surface area (Å²) in [5.41, 5.74) is 0.449. The molecule has 0 amide bonds. The van der Waals surface area contributed by atoms with Crippen molar-refractivity contribution < 1.29 is 18.4 Å². The summed E-state index contributed by atoms with van der Waals surface area (Å²) in [7, 11) is 0. The summed E-state index contributed by atoms with van der Waals surface area (Å²) in [6.07, 6.45) is -2.28. The summed E-state index contributed by atoms with van der Waals surface area (Å²) in [6, 6.07) is 1.60. The lowest BCUT2D eigenvalue weighted by molar-refractivity contribution is -0.132. The number of Topliss-reactive ketones (excluding diaryl/α,β-unsaturated/α-hetero) is 2. The van der Waals surface area contributed by atoms with E-state index in [2.05, 4.69) is 0 Å². The Labute approximate surface area is 88.9 Å². The monoisotopic (exact) mass is 230 g/mol. The molecule has 15 heavy (non-hydrogen) atoms. The first-order valence-corrected chi connectivity index (χ1v) is 5.41. The number of hydrogen-bond donors (Lipinski definition) is 0. The van der Waals surface area contributed by atoms with Crippen molar-refractivity contribution in [2.24, 2.45) is 5.92 Å². The van der Waals surface area contributed by atoms with Crippen LogP contribution in [0.2, 0.25) is 0 Å². The summed E-state index contributed by atoms with van der Waals surface area (Å²) in [5.74, 6) is -2.81. The number of carbonyl (C=O) groups is 2. The van der Waals surface area contributed by atoms with Crippen LogP contribution in [-0.2, 0) is 11.2 Å². The molecule has 2 rings (SSSR count). The Morgan fingerprint density at radius 3 is 2.93 bits per heavy atom. The van der Waals surface area contributed by atoms with Gasteiger partial charge in [0.05, 0.1) is 5.92 Å². The van der Waals surface area contributed by atoms with Crippen LogP contribution in [0.25, 0.3) is 0 Å². The van der Waals surface area contributed by atoms with E-state index < -0.39 is 23.9 Å². The summed E-state index contributed by atoms with van der Waals surface area (Å²) in [5, 5.41) is 1.75. The van der Waals surface area contributed by atoms with Crippen molar-refractivity contribution in [1.82, 2.24) is 0 Å². The standard InChI is InChI=1S/C10H8F2O2S/c11-10(12)9(14)6-1-2-7-5(8(6)13)3-4-15-7/h3-4,6,10H,1-2H2. The molecule has 0 saturated carbocycles. The highest BCUT2D eigenvalue weighted by atomic mass is 32.1. The third-order valence-corrected chi connectivity index (χ3v) is 3.53. The fraction of sp³-hybridized carbons (Fsp3) is 0.400. The Kier molecular flexibility index (Phi) is 2.65. The van der Waals surface area contributed by atoms with E-state index in [4.69, 9.17) is 0 Å². The quantitative estimate of drug-likeness (QED) is 0.731. The smallest absolute Gasteiger partial charge is 0.293 e. The molecule has 1 unspecified atom stereocenters. The Balaban J connectivity index is 2.27. The van der Waals surface area contributed by atoms with Crippen LogP contribution in [0.15, 0.2) is 11.4 Å². The van der Waals surface area contributed by atoms with Crippen molar-refractivity contribution in [2.75, 3.05) is 0 Å². The molecular formula is C10H8F2O2S. The average Bonchev–Trinajstić information content (AvgIpc) is 2.66. The van der Waals surface area contributed by atoms with Crippen molar-refractivity contribution in [3.63, 3.8) is 0 Å². The van der Waals surface area contributed by atoms with E-state index in [1.54, 1.807) is 11.4 Å². The van der Waals surface area contributed by atoms with Gasteiger partial charge in [-0.05, 0) is 24.3 Å². The van der Waals surface area contributed by atoms with Gasteiger partial charge in [0.2, 0.25) is 5.78 Å². The van der Waals surface area contributed by atoms with Crippen LogP contribution in [0.1, 0.15) is 21.7 Å². The third kappa shape index (κ3) is 1.71. The van der Waals surface area contributed by atoms with Crippen molar-refractivity contribution >= 4 is 22.9 Å². The highest BCUT2D eigenvalue weighted by Gasteiger charge is 2.36. The summed E-state index contributed by atoms with van der Waals surface area (Å²) < 4.78 is 24.4. The summed E-state index contributed by atoms with van der Waals surface area (Å²) in [6.45, 7) is 0. The molecule has 2 nitrogen and oxygen atoms in total. The van der Waals surface area contributed by atoms with Gasteiger partial charge in [0, 0.05) is 10.4 Å². The zero-order valence-electron chi connectivity index (χ0n) is 7.70.